The average Bonchev–Trinajstić information content (AvgIpc) is 3.25. The lowest BCUT2D eigenvalue weighted by Gasteiger charge is -2.40. The molecule has 0 saturated carbocycles. The largest absolute Gasteiger partial charge is 0.441 e. The molecule has 2 aliphatic heterocycles. The summed E-state index contributed by atoms with van der Waals surface area (Å²) in [4.78, 5) is 33.1. The van der Waals surface area contributed by atoms with Gasteiger partial charge in [0, 0.05) is 12.1 Å². The monoisotopic (exact) mass is 357 g/mol. The van der Waals surface area contributed by atoms with Crippen LogP contribution in [0.1, 0.15) is 31.2 Å². The van der Waals surface area contributed by atoms with E-state index < -0.39 is 6.04 Å². The molecule has 2 aliphatic rings. The minimum absolute atomic E-state index is 0.00740. The van der Waals surface area contributed by atoms with Gasteiger partial charge >= 0.3 is 0 Å². The summed E-state index contributed by atoms with van der Waals surface area (Å²) in [7, 11) is 0. The van der Waals surface area contributed by atoms with Crippen LogP contribution in [-0.4, -0.2) is 45.2 Å². The molecular weight excluding hydrogens is 337 g/mol. The molecule has 0 spiro atoms. The second-order valence-corrected chi connectivity index (χ2v) is 6.86. The fraction of sp³-hybridized carbons (Fsp3) is 0.421. The molecule has 2 amide bonds. The number of benzene rings is 1. The van der Waals surface area contributed by atoms with Gasteiger partial charge in [-0.15, -0.1) is 0 Å². The number of hydrogen-bond donors (Lipinski definition) is 0. The Kier molecular flexibility index (Phi) is 4.01. The molecule has 2 aromatic rings. The van der Waals surface area contributed by atoms with Crippen molar-refractivity contribution in [3.05, 3.63) is 41.5 Å². The Hall–Kier alpha value is -2.70. The van der Waals surface area contributed by atoms with Gasteiger partial charge in [0.2, 0.25) is 17.7 Å². The van der Waals surface area contributed by atoms with E-state index in [2.05, 4.69) is 4.98 Å². The van der Waals surface area contributed by atoms with E-state index in [4.69, 9.17) is 4.42 Å². The van der Waals surface area contributed by atoms with E-state index in [1.165, 1.54) is 12.1 Å². The second kappa shape index (κ2) is 6.23. The predicted molar refractivity (Wildman–Crippen MR) is 91.4 cm³/mol. The maximum atomic E-state index is 13.1. The van der Waals surface area contributed by atoms with Crippen LogP contribution in [0.25, 0.3) is 11.5 Å². The molecule has 2 atom stereocenters. The first-order valence-corrected chi connectivity index (χ1v) is 8.79. The zero-order chi connectivity index (χ0) is 18.4. The normalized spacial score (nSPS) is 22.9. The summed E-state index contributed by atoms with van der Waals surface area (Å²) < 4.78 is 18.8. The smallest absolute Gasteiger partial charge is 0.246 e. The molecule has 0 radical (unpaired) electrons. The van der Waals surface area contributed by atoms with Crippen LogP contribution < -0.4 is 0 Å². The summed E-state index contributed by atoms with van der Waals surface area (Å²) in [6, 6.07) is 5.03. The highest BCUT2D eigenvalue weighted by Gasteiger charge is 2.46. The van der Waals surface area contributed by atoms with Crippen LogP contribution in [0.15, 0.2) is 28.7 Å². The van der Waals surface area contributed by atoms with E-state index in [0.29, 0.717) is 35.9 Å². The van der Waals surface area contributed by atoms with E-state index in [0.717, 1.165) is 6.42 Å². The number of rotatable bonds is 3. The number of aryl methyl sites for hydroxylation is 1. The zero-order valence-corrected chi connectivity index (χ0v) is 14.7. The Morgan fingerprint density at radius 3 is 2.69 bits per heavy atom. The van der Waals surface area contributed by atoms with Crippen molar-refractivity contribution in [2.45, 2.75) is 45.3 Å². The fourth-order valence-electron chi connectivity index (χ4n) is 3.71. The molecule has 1 aromatic heterocycles. The number of aromatic nitrogens is 1. The van der Waals surface area contributed by atoms with Crippen molar-refractivity contribution in [1.82, 2.24) is 14.8 Å². The van der Waals surface area contributed by atoms with E-state index in [-0.39, 0.29) is 30.2 Å². The molecule has 3 heterocycles. The molecule has 1 aromatic carbocycles. The van der Waals surface area contributed by atoms with E-state index >= 15 is 0 Å². The first-order valence-electron chi connectivity index (χ1n) is 8.79. The van der Waals surface area contributed by atoms with Crippen LogP contribution in [0.3, 0.4) is 0 Å². The summed E-state index contributed by atoms with van der Waals surface area (Å²) in [6.07, 6.45) is 1.58. The standard InChI is InChI=1S/C19H20FN3O3/c1-11-18(24)22-9-3-4-16(22)19(25)23(11)10-15-12(2)26-17(21-15)13-5-7-14(20)8-6-13/h5-8,11,16H,3-4,9-10H2,1-2H3/t11-,16-/m0/s1. The number of halogens is 1. The fourth-order valence-corrected chi connectivity index (χ4v) is 3.71. The number of carbonyl (C=O) groups is 2. The van der Waals surface area contributed by atoms with Gasteiger partial charge in [-0.1, -0.05) is 0 Å². The van der Waals surface area contributed by atoms with Crippen molar-refractivity contribution in [2.24, 2.45) is 0 Å². The van der Waals surface area contributed by atoms with E-state index in [1.54, 1.807) is 35.8 Å². The van der Waals surface area contributed by atoms with Crippen LogP contribution in [0.5, 0.6) is 0 Å². The van der Waals surface area contributed by atoms with Gasteiger partial charge in [-0.05, 0) is 51.0 Å². The van der Waals surface area contributed by atoms with Gasteiger partial charge in [-0.2, -0.15) is 0 Å². The quantitative estimate of drug-likeness (QED) is 0.847. The maximum absolute atomic E-state index is 13.1. The van der Waals surface area contributed by atoms with Crippen LogP contribution >= 0.6 is 0 Å². The summed E-state index contributed by atoms with van der Waals surface area (Å²) in [6.45, 7) is 4.42. The van der Waals surface area contributed by atoms with Crippen LogP contribution in [0.4, 0.5) is 4.39 Å². The third kappa shape index (κ3) is 2.67. The van der Waals surface area contributed by atoms with Crippen LogP contribution in [0.2, 0.25) is 0 Å². The van der Waals surface area contributed by atoms with Gasteiger partial charge in [0.05, 0.1) is 6.54 Å². The highest BCUT2D eigenvalue weighted by atomic mass is 19.1. The summed E-state index contributed by atoms with van der Waals surface area (Å²) in [5, 5.41) is 0. The molecule has 136 valence electrons. The number of fused-ring (bicyclic) bond motifs is 1. The van der Waals surface area contributed by atoms with Crippen molar-refractivity contribution >= 4 is 11.8 Å². The summed E-state index contributed by atoms with van der Waals surface area (Å²) in [5.41, 5.74) is 1.28. The Labute approximate surface area is 150 Å². The number of amides is 2. The number of oxazole rings is 1. The molecule has 0 unspecified atom stereocenters. The minimum atomic E-state index is -0.512. The van der Waals surface area contributed by atoms with E-state index in [1.807, 2.05) is 0 Å². The molecule has 0 bridgehead atoms. The molecule has 6 nitrogen and oxygen atoms in total. The maximum Gasteiger partial charge on any atom is 0.246 e. The molecule has 26 heavy (non-hydrogen) atoms. The molecule has 2 saturated heterocycles. The molecule has 0 N–H and O–H groups in total. The highest BCUT2D eigenvalue weighted by molar-refractivity contribution is 5.97. The molecule has 2 fully saturated rings. The molecule has 7 heteroatoms. The number of carbonyl (C=O) groups excluding carboxylic acids is 2. The number of hydrogen-bond acceptors (Lipinski definition) is 4. The topological polar surface area (TPSA) is 66.7 Å². The lowest BCUT2D eigenvalue weighted by molar-refractivity contribution is -0.159. The summed E-state index contributed by atoms with van der Waals surface area (Å²) >= 11 is 0. The Morgan fingerprint density at radius 1 is 1.23 bits per heavy atom. The van der Waals surface area contributed by atoms with Crippen molar-refractivity contribution in [1.29, 1.82) is 0 Å². The summed E-state index contributed by atoms with van der Waals surface area (Å²) in [5.74, 6) is 0.603. The number of nitrogens with zero attached hydrogens (tertiary/aromatic N) is 3. The Morgan fingerprint density at radius 2 is 1.96 bits per heavy atom. The van der Waals surface area contributed by atoms with Crippen LogP contribution in [-0.2, 0) is 16.1 Å². The predicted octanol–water partition coefficient (Wildman–Crippen LogP) is 2.51. The van der Waals surface area contributed by atoms with Crippen molar-refractivity contribution < 1.29 is 18.4 Å². The van der Waals surface area contributed by atoms with Gasteiger partial charge in [-0.25, -0.2) is 9.37 Å². The lowest BCUT2D eigenvalue weighted by Crippen LogP contribution is -2.61. The van der Waals surface area contributed by atoms with Gasteiger partial charge < -0.3 is 14.2 Å². The molecule has 0 aliphatic carbocycles. The highest BCUT2D eigenvalue weighted by Crippen LogP contribution is 2.29. The van der Waals surface area contributed by atoms with Crippen molar-refractivity contribution in [2.75, 3.05) is 6.54 Å². The van der Waals surface area contributed by atoms with E-state index in [9.17, 15) is 14.0 Å². The zero-order valence-electron chi connectivity index (χ0n) is 14.7. The first-order chi connectivity index (χ1) is 12.5. The van der Waals surface area contributed by atoms with Gasteiger partial charge in [0.1, 0.15) is 29.4 Å². The molecule has 4 rings (SSSR count). The second-order valence-electron chi connectivity index (χ2n) is 6.86. The van der Waals surface area contributed by atoms with Crippen molar-refractivity contribution in [3.63, 3.8) is 0 Å². The third-order valence-corrected chi connectivity index (χ3v) is 5.23. The number of piperazine rings is 1. The Bertz CT molecular complexity index is 861. The van der Waals surface area contributed by atoms with Gasteiger partial charge in [0.25, 0.3) is 0 Å². The minimum Gasteiger partial charge on any atom is -0.441 e. The Balaban J connectivity index is 1.59. The van der Waals surface area contributed by atoms with Gasteiger partial charge in [-0.3, -0.25) is 9.59 Å². The lowest BCUT2D eigenvalue weighted by atomic mass is 10.1. The van der Waals surface area contributed by atoms with Crippen LogP contribution in [0, 0.1) is 12.7 Å². The van der Waals surface area contributed by atoms with Gasteiger partial charge in [0.15, 0.2) is 0 Å². The SMILES string of the molecule is Cc1oc(-c2ccc(F)cc2)nc1CN1C(=O)[C@@H]2CCCN2C(=O)[C@@H]1C. The third-order valence-electron chi connectivity index (χ3n) is 5.23. The molecular formula is C19H20FN3O3. The van der Waals surface area contributed by atoms with Crippen molar-refractivity contribution in [3.8, 4) is 11.5 Å². The first kappa shape index (κ1) is 16.8. The average molecular weight is 357 g/mol.